The number of likely N-dealkylation sites (N-methyl/N-ethyl adjacent to an activating group) is 1. The number of hydrogen-bond donors (Lipinski definition) is 1. The minimum atomic E-state index is -0.552. The Morgan fingerprint density at radius 1 is 1.45 bits per heavy atom. The van der Waals surface area contributed by atoms with Crippen LogP contribution in [0.5, 0.6) is 0 Å². The molecule has 4 nitrogen and oxygen atoms in total. The molecule has 108 valence electrons. The molecular weight excluding hydrogens is 292 g/mol. The number of rotatable bonds is 5. The minimum Gasteiger partial charge on any atom is -0.394 e. The van der Waals surface area contributed by atoms with Gasteiger partial charge in [0.1, 0.15) is 5.01 Å². The van der Waals surface area contributed by atoms with E-state index < -0.39 is 5.54 Å². The van der Waals surface area contributed by atoms with Crippen LogP contribution in [-0.4, -0.2) is 40.1 Å². The van der Waals surface area contributed by atoms with E-state index in [1.54, 1.807) is 34.6 Å². The summed E-state index contributed by atoms with van der Waals surface area (Å²) in [6.07, 6.45) is 0.264. The van der Waals surface area contributed by atoms with Crippen molar-refractivity contribution in [1.29, 1.82) is 0 Å². The number of amides is 1. The summed E-state index contributed by atoms with van der Waals surface area (Å²) in [5, 5.41) is 16.2. The van der Waals surface area contributed by atoms with Gasteiger partial charge in [0.2, 0.25) is 5.91 Å². The number of aliphatic hydroxyl groups is 1. The fourth-order valence-corrected chi connectivity index (χ4v) is 3.16. The Morgan fingerprint density at radius 2 is 2.20 bits per heavy atom. The van der Waals surface area contributed by atoms with Gasteiger partial charge in [0, 0.05) is 23.4 Å². The number of aromatic nitrogens is 1. The second-order valence-corrected chi connectivity index (χ2v) is 6.89. The standard InChI is InChI=1S/C14H18N2O2S2/c1-14(2,9-17)16(3)12(18)6-11-8-20-13(15-11)10-4-5-19-7-10/h4-5,7-8,17H,6,9H2,1-3H3. The third-order valence-electron chi connectivity index (χ3n) is 3.32. The summed E-state index contributed by atoms with van der Waals surface area (Å²) in [4.78, 5) is 18.3. The van der Waals surface area contributed by atoms with E-state index in [1.165, 1.54) is 0 Å². The zero-order valence-electron chi connectivity index (χ0n) is 11.8. The Hall–Kier alpha value is -1.24. The molecule has 0 saturated heterocycles. The largest absolute Gasteiger partial charge is 0.394 e. The second-order valence-electron chi connectivity index (χ2n) is 5.26. The quantitative estimate of drug-likeness (QED) is 0.923. The summed E-state index contributed by atoms with van der Waals surface area (Å²) in [5.74, 6) is -0.0359. The lowest BCUT2D eigenvalue weighted by atomic mass is 10.0. The molecule has 0 spiro atoms. The molecule has 2 aromatic rings. The lowest BCUT2D eigenvalue weighted by molar-refractivity contribution is -0.135. The van der Waals surface area contributed by atoms with Crippen LogP contribution in [0.2, 0.25) is 0 Å². The lowest BCUT2D eigenvalue weighted by Crippen LogP contribution is -2.48. The molecule has 20 heavy (non-hydrogen) atoms. The molecule has 0 bridgehead atoms. The number of hydrogen-bond acceptors (Lipinski definition) is 5. The minimum absolute atomic E-state index is 0.0359. The van der Waals surface area contributed by atoms with Crippen molar-refractivity contribution >= 4 is 28.6 Å². The zero-order chi connectivity index (χ0) is 14.8. The van der Waals surface area contributed by atoms with Gasteiger partial charge >= 0.3 is 0 Å². The van der Waals surface area contributed by atoms with Gasteiger partial charge in [-0.25, -0.2) is 4.98 Å². The highest BCUT2D eigenvalue weighted by atomic mass is 32.1. The van der Waals surface area contributed by atoms with E-state index in [0.717, 1.165) is 16.3 Å². The molecule has 0 aliphatic rings. The SMILES string of the molecule is CN(C(=O)Cc1csc(-c2ccsc2)n1)C(C)(C)CO. The maximum Gasteiger partial charge on any atom is 0.228 e. The van der Waals surface area contributed by atoms with E-state index in [2.05, 4.69) is 4.98 Å². The Balaban J connectivity index is 2.06. The highest BCUT2D eigenvalue weighted by Crippen LogP contribution is 2.26. The van der Waals surface area contributed by atoms with Gasteiger partial charge in [-0.3, -0.25) is 4.79 Å². The van der Waals surface area contributed by atoms with Gasteiger partial charge in [-0.05, 0) is 25.3 Å². The summed E-state index contributed by atoms with van der Waals surface area (Å²) in [5.41, 5.74) is 1.33. The Morgan fingerprint density at radius 3 is 2.80 bits per heavy atom. The molecule has 2 heterocycles. The van der Waals surface area contributed by atoms with Crippen molar-refractivity contribution in [2.24, 2.45) is 0 Å². The summed E-state index contributed by atoms with van der Waals surface area (Å²) in [7, 11) is 1.71. The van der Waals surface area contributed by atoms with Crippen molar-refractivity contribution in [2.75, 3.05) is 13.7 Å². The molecule has 6 heteroatoms. The first-order chi connectivity index (χ1) is 9.44. The molecule has 1 amide bonds. The number of thiazole rings is 1. The van der Waals surface area contributed by atoms with Crippen molar-refractivity contribution in [3.8, 4) is 10.6 Å². The van der Waals surface area contributed by atoms with Crippen LogP contribution in [-0.2, 0) is 11.2 Å². The molecule has 0 aliphatic heterocycles. The van der Waals surface area contributed by atoms with E-state index in [1.807, 2.05) is 36.1 Å². The molecule has 0 radical (unpaired) electrons. The predicted octanol–water partition coefficient (Wildman–Crippen LogP) is 2.64. The molecule has 0 fully saturated rings. The van der Waals surface area contributed by atoms with Crippen molar-refractivity contribution in [3.05, 3.63) is 27.9 Å². The van der Waals surface area contributed by atoms with E-state index in [4.69, 9.17) is 0 Å². The molecule has 2 rings (SSSR count). The van der Waals surface area contributed by atoms with E-state index in [-0.39, 0.29) is 18.9 Å². The topological polar surface area (TPSA) is 53.4 Å². The zero-order valence-corrected chi connectivity index (χ0v) is 13.4. The Kier molecular flexibility index (Phi) is 4.57. The van der Waals surface area contributed by atoms with E-state index in [0.29, 0.717) is 0 Å². The Labute approximate surface area is 126 Å². The summed E-state index contributed by atoms with van der Waals surface area (Å²) in [6.45, 7) is 3.61. The van der Waals surface area contributed by atoms with Gasteiger partial charge in [0.15, 0.2) is 0 Å². The van der Waals surface area contributed by atoms with E-state index >= 15 is 0 Å². The molecular formula is C14H18N2O2S2. The number of carbonyl (C=O) groups is 1. The van der Waals surface area contributed by atoms with Crippen molar-refractivity contribution in [2.45, 2.75) is 25.8 Å². The molecule has 1 N–H and O–H groups in total. The Bertz CT molecular complexity index is 576. The number of thiophene rings is 1. The number of carbonyl (C=O) groups excluding carboxylic acids is 1. The lowest BCUT2D eigenvalue weighted by Gasteiger charge is -2.33. The first-order valence-electron chi connectivity index (χ1n) is 6.28. The predicted molar refractivity (Wildman–Crippen MR) is 83.1 cm³/mol. The molecule has 0 aliphatic carbocycles. The molecule has 0 saturated carbocycles. The average molecular weight is 310 g/mol. The van der Waals surface area contributed by atoms with Crippen LogP contribution in [0.4, 0.5) is 0 Å². The maximum absolute atomic E-state index is 12.2. The normalized spacial score (nSPS) is 11.6. The molecule has 0 unspecified atom stereocenters. The van der Waals surface area contributed by atoms with Crippen LogP contribution >= 0.6 is 22.7 Å². The maximum atomic E-state index is 12.2. The number of aliphatic hydroxyl groups excluding tert-OH is 1. The fourth-order valence-electron chi connectivity index (χ4n) is 1.62. The van der Waals surface area contributed by atoms with Crippen LogP contribution in [0, 0.1) is 0 Å². The summed E-state index contributed by atoms with van der Waals surface area (Å²) in [6, 6.07) is 2.02. The van der Waals surface area contributed by atoms with Gasteiger partial charge in [0.25, 0.3) is 0 Å². The van der Waals surface area contributed by atoms with Crippen LogP contribution in [0.15, 0.2) is 22.2 Å². The second kappa shape index (κ2) is 6.03. The van der Waals surface area contributed by atoms with Gasteiger partial charge in [0.05, 0.1) is 24.3 Å². The van der Waals surface area contributed by atoms with Crippen LogP contribution in [0.25, 0.3) is 10.6 Å². The van der Waals surface area contributed by atoms with Gasteiger partial charge in [-0.1, -0.05) is 0 Å². The van der Waals surface area contributed by atoms with Crippen molar-refractivity contribution < 1.29 is 9.90 Å². The highest BCUT2D eigenvalue weighted by molar-refractivity contribution is 7.14. The third kappa shape index (κ3) is 3.26. The first kappa shape index (κ1) is 15.2. The number of nitrogens with zero attached hydrogens (tertiary/aromatic N) is 2. The molecule has 2 aromatic heterocycles. The monoisotopic (exact) mass is 310 g/mol. The van der Waals surface area contributed by atoms with Crippen LogP contribution < -0.4 is 0 Å². The van der Waals surface area contributed by atoms with Gasteiger partial charge in [-0.15, -0.1) is 11.3 Å². The van der Waals surface area contributed by atoms with Gasteiger partial charge < -0.3 is 10.0 Å². The van der Waals surface area contributed by atoms with Gasteiger partial charge in [-0.2, -0.15) is 11.3 Å². The highest BCUT2D eigenvalue weighted by Gasteiger charge is 2.27. The third-order valence-corrected chi connectivity index (χ3v) is 4.94. The smallest absolute Gasteiger partial charge is 0.228 e. The van der Waals surface area contributed by atoms with Crippen LogP contribution in [0.3, 0.4) is 0 Å². The van der Waals surface area contributed by atoms with Crippen LogP contribution in [0.1, 0.15) is 19.5 Å². The van der Waals surface area contributed by atoms with E-state index in [9.17, 15) is 9.90 Å². The molecule has 0 aromatic carbocycles. The fraction of sp³-hybridized carbons (Fsp3) is 0.429. The first-order valence-corrected chi connectivity index (χ1v) is 8.11. The summed E-state index contributed by atoms with van der Waals surface area (Å²) >= 11 is 3.18. The van der Waals surface area contributed by atoms with Crippen molar-refractivity contribution in [3.63, 3.8) is 0 Å². The summed E-state index contributed by atoms with van der Waals surface area (Å²) < 4.78 is 0. The average Bonchev–Trinajstić information content (AvgIpc) is 3.07. The molecule has 0 atom stereocenters. The van der Waals surface area contributed by atoms with Crippen molar-refractivity contribution in [1.82, 2.24) is 9.88 Å².